The number of rotatable bonds is 9. The normalized spacial score (nSPS) is 10.7. The van der Waals surface area contributed by atoms with Crippen molar-refractivity contribution < 1.29 is 9.59 Å². The minimum Gasteiger partial charge on any atom is -0.385 e. The first-order valence-electron chi connectivity index (χ1n) is 9.74. The Kier molecular flexibility index (Phi) is 6.74. The molecule has 2 heterocycles. The van der Waals surface area contributed by atoms with Gasteiger partial charge in [-0.15, -0.1) is 0 Å². The van der Waals surface area contributed by atoms with E-state index in [4.69, 9.17) is 5.73 Å². The van der Waals surface area contributed by atoms with Gasteiger partial charge >= 0.3 is 0 Å². The Morgan fingerprint density at radius 3 is 2.70 bits per heavy atom. The molecule has 0 atom stereocenters. The fourth-order valence-electron chi connectivity index (χ4n) is 2.86. The van der Waals surface area contributed by atoms with E-state index in [1.54, 1.807) is 36.5 Å². The molecule has 1 aromatic carbocycles. The molecule has 0 aliphatic carbocycles. The fraction of sp³-hybridized carbons (Fsp3) is 0.286. The zero-order valence-corrected chi connectivity index (χ0v) is 16.7. The van der Waals surface area contributed by atoms with Crippen LogP contribution in [-0.2, 0) is 11.3 Å². The Morgan fingerprint density at radius 2 is 1.97 bits per heavy atom. The van der Waals surface area contributed by atoms with Gasteiger partial charge in [0, 0.05) is 36.7 Å². The van der Waals surface area contributed by atoms with Crippen LogP contribution in [0.15, 0.2) is 41.3 Å². The largest absolute Gasteiger partial charge is 0.385 e. The highest BCUT2D eigenvalue weighted by atomic mass is 16.1. The van der Waals surface area contributed by atoms with Gasteiger partial charge in [0.1, 0.15) is 11.6 Å². The molecule has 2 aromatic heterocycles. The standard InChI is InChI=1S/C21H24N6O3/c1-2-16(28)4-3-9-23-20(29)13-5-7-14(8-6-13)24-11-15-12-25-17-10-18(22)27-21(30)19(17)26-15/h5-8,10,12,24H,2-4,9,11H2,1H3,(H,23,29)(H3,22,27,30). The predicted octanol–water partition coefficient (Wildman–Crippen LogP) is 2.00. The highest BCUT2D eigenvalue weighted by molar-refractivity contribution is 5.94. The third kappa shape index (κ3) is 5.40. The monoisotopic (exact) mass is 408 g/mol. The summed E-state index contributed by atoms with van der Waals surface area (Å²) >= 11 is 0. The lowest BCUT2D eigenvalue weighted by Gasteiger charge is -2.08. The molecular formula is C21H24N6O3. The maximum Gasteiger partial charge on any atom is 0.277 e. The molecule has 3 aromatic rings. The van der Waals surface area contributed by atoms with Crippen LogP contribution in [0.5, 0.6) is 0 Å². The Labute approximate surface area is 173 Å². The van der Waals surface area contributed by atoms with Gasteiger partial charge in [-0.3, -0.25) is 19.4 Å². The van der Waals surface area contributed by atoms with Gasteiger partial charge in [0.15, 0.2) is 5.52 Å². The van der Waals surface area contributed by atoms with Gasteiger partial charge in [-0.05, 0) is 30.7 Å². The van der Waals surface area contributed by atoms with E-state index in [2.05, 4.69) is 25.6 Å². The molecule has 30 heavy (non-hydrogen) atoms. The maximum absolute atomic E-state index is 12.2. The first kappa shape index (κ1) is 21.0. The number of aromatic amines is 1. The number of hydrogen-bond acceptors (Lipinski definition) is 7. The van der Waals surface area contributed by atoms with Crippen LogP contribution in [0.4, 0.5) is 11.5 Å². The minimum atomic E-state index is -0.381. The smallest absolute Gasteiger partial charge is 0.277 e. The molecule has 0 fully saturated rings. The van der Waals surface area contributed by atoms with Crippen molar-refractivity contribution in [2.24, 2.45) is 0 Å². The zero-order chi connectivity index (χ0) is 21.5. The van der Waals surface area contributed by atoms with E-state index in [0.717, 1.165) is 5.69 Å². The second-order valence-corrected chi connectivity index (χ2v) is 6.83. The first-order valence-corrected chi connectivity index (χ1v) is 9.74. The molecule has 0 unspecified atom stereocenters. The van der Waals surface area contributed by atoms with Crippen molar-refractivity contribution in [1.82, 2.24) is 20.3 Å². The molecule has 0 aliphatic rings. The van der Waals surface area contributed by atoms with Crippen molar-refractivity contribution in [2.75, 3.05) is 17.6 Å². The third-order valence-electron chi connectivity index (χ3n) is 4.55. The summed E-state index contributed by atoms with van der Waals surface area (Å²) in [5.74, 6) is 0.264. The van der Waals surface area contributed by atoms with Crippen LogP contribution in [0, 0.1) is 0 Å². The summed E-state index contributed by atoms with van der Waals surface area (Å²) in [6.45, 7) is 2.67. The lowest BCUT2D eigenvalue weighted by Crippen LogP contribution is -2.24. The number of amides is 1. The van der Waals surface area contributed by atoms with Crippen LogP contribution in [0.25, 0.3) is 11.0 Å². The number of nitrogens with zero attached hydrogens (tertiary/aromatic N) is 2. The minimum absolute atomic E-state index is 0.176. The average molecular weight is 408 g/mol. The van der Waals surface area contributed by atoms with Crippen LogP contribution < -0.4 is 21.9 Å². The van der Waals surface area contributed by atoms with Gasteiger partial charge in [0.05, 0.1) is 24.0 Å². The fourth-order valence-corrected chi connectivity index (χ4v) is 2.86. The lowest BCUT2D eigenvalue weighted by molar-refractivity contribution is -0.118. The van der Waals surface area contributed by atoms with Crippen LogP contribution in [0.2, 0.25) is 0 Å². The molecule has 0 saturated carbocycles. The summed E-state index contributed by atoms with van der Waals surface area (Å²) in [5, 5.41) is 6.00. The van der Waals surface area contributed by atoms with Crippen molar-refractivity contribution in [3.05, 3.63) is 58.1 Å². The Bertz CT molecular complexity index is 1110. The number of benzene rings is 1. The van der Waals surface area contributed by atoms with Gasteiger partial charge in [-0.25, -0.2) is 4.98 Å². The number of nitrogens with one attached hydrogen (secondary N) is 3. The summed E-state index contributed by atoms with van der Waals surface area (Å²) in [6, 6.07) is 8.57. The Balaban J connectivity index is 1.54. The number of anilines is 2. The van der Waals surface area contributed by atoms with E-state index in [1.807, 2.05) is 6.92 Å². The van der Waals surface area contributed by atoms with Crippen molar-refractivity contribution in [3.8, 4) is 0 Å². The first-order chi connectivity index (χ1) is 14.5. The molecule has 9 heteroatoms. The van der Waals surface area contributed by atoms with Crippen molar-refractivity contribution in [2.45, 2.75) is 32.7 Å². The van der Waals surface area contributed by atoms with Gasteiger partial charge in [0.2, 0.25) is 0 Å². The lowest BCUT2D eigenvalue weighted by atomic mass is 10.1. The molecule has 9 nitrogen and oxygen atoms in total. The number of carbonyl (C=O) groups is 2. The van der Waals surface area contributed by atoms with E-state index < -0.39 is 0 Å². The van der Waals surface area contributed by atoms with E-state index in [1.165, 1.54) is 0 Å². The van der Waals surface area contributed by atoms with Crippen molar-refractivity contribution >= 4 is 34.2 Å². The topological polar surface area (TPSA) is 143 Å². The second kappa shape index (κ2) is 9.64. The highest BCUT2D eigenvalue weighted by Crippen LogP contribution is 2.12. The summed E-state index contributed by atoms with van der Waals surface area (Å²) < 4.78 is 0. The molecule has 0 saturated heterocycles. The van der Waals surface area contributed by atoms with E-state index in [-0.39, 0.29) is 28.6 Å². The number of Topliss-reactive ketones (excluding diaryl/α,β-unsaturated/α-hetero) is 1. The molecule has 0 aliphatic heterocycles. The Hall–Kier alpha value is -3.75. The molecule has 0 spiro atoms. The number of nitrogens with two attached hydrogens (primary N) is 1. The van der Waals surface area contributed by atoms with E-state index in [0.29, 0.717) is 49.1 Å². The van der Waals surface area contributed by atoms with Crippen LogP contribution in [0.1, 0.15) is 42.2 Å². The second-order valence-electron chi connectivity index (χ2n) is 6.83. The summed E-state index contributed by atoms with van der Waals surface area (Å²) in [5.41, 5.74) is 7.83. The van der Waals surface area contributed by atoms with Crippen molar-refractivity contribution in [3.63, 3.8) is 0 Å². The van der Waals surface area contributed by atoms with Gasteiger partial charge in [-0.2, -0.15) is 0 Å². The van der Waals surface area contributed by atoms with Gasteiger partial charge < -0.3 is 21.4 Å². The summed E-state index contributed by atoms with van der Waals surface area (Å²) in [6.07, 6.45) is 3.23. The van der Waals surface area contributed by atoms with Gasteiger partial charge in [-0.1, -0.05) is 6.92 Å². The molecule has 0 bridgehead atoms. The summed E-state index contributed by atoms with van der Waals surface area (Å²) in [7, 11) is 0. The maximum atomic E-state index is 12.2. The van der Waals surface area contributed by atoms with Crippen LogP contribution in [-0.4, -0.2) is 33.2 Å². The Morgan fingerprint density at radius 1 is 1.20 bits per heavy atom. The molecular weight excluding hydrogens is 384 g/mol. The number of aromatic nitrogens is 3. The number of nitrogen functional groups attached to an aromatic ring is 1. The molecule has 1 amide bonds. The molecule has 3 rings (SSSR count). The van der Waals surface area contributed by atoms with E-state index in [9.17, 15) is 14.4 Å². The van der Waals surface area contributed by atoms with E-state index >= 15 is 0 Å². The predicted molar refractivity (Wildman–Crippen MR) is 115 cm³/mol. The highest BCUT2D eigenvalue weighted by Gasteiger charge is 2.07. The SMILES string of the molecule is CCC(=O)CCCNC(=O)c1ccc(NCc2cnc3cc(N)[nH]c(=O)c3n2)cc1. The van der Waals surface area contributed by atoms with Crippen molar-refractivity contribution in [1.29, 1.82) is 0 Å². The number of ketones is 1. The van der Waals surface area contributed by atoms with Crippen LogP contribution in [0.3, 0.4) is 0 Å². The number of pyridine rings is 1. The zero-order valence-electron chi connectivity index (χ0n) is 16.7. The molecule has 156 valence electrons. The number of fused-ring (bicyclic) bond motifs is 1. The quantitative estimate of drug-likeness (QED) is 0.397. The molecule has 0 radical (unpaired) electrons. The van der Waals surface area contributed by atoms with Gasteiger partial charge in [0.25, 0.3) is 11.5 Å². The number of H-pyrrole nitrogens is 1. The number of carbonyl (C=O) groups excluding carboxylic acids is 2. The number of hydrogen-bond donors (Lipinski definition) is 4. The molecule has 5 N–H and O–H groups in total. The summed E-state index contributed by atoms with van der Waals surface area (Å²) in [4.78, 5) is 46.4. The van der Waals surface area contributed by atoms with Crippen LogP contribution >= 0.6 is 0 Å². The third-order valence-corrected chi connectivity index (χ3v) is 4.55. The average Bonchev–Trinajstić information content (AvgIpc) is 2.75.